The van der Waals surface area contributed by atoms with Gasteiger partial charge in [0.05, 0.1) is 29.3 Å². The summed E-state index contributed by atoms with van der Waals surface area (Å²) in [4.78, 5) is 26.2. The number of aliphatic hydroxyl groups is 1. The van der Waals surface area contributed by atoms with Crippen LogP contribution in [0.1, 0.15) is 55.2 Å². The Kier molecular flexibility index (Phi) is 6.15. The highest BCUT2D eigenvalue weighted by molar-refractivity contribution is 6.06. The van der Waals surface area contributed by atoms with Gasteiger partial charge in [0.1, 0.15) is 6.04 Å². The Morgan fingerprint density at radius 2 is 1.85 bits per heavy atom. The maximum atomic E-state index is 13.3. The van der Waals surface area contributed by atoms with E-state index in [1.807, 2.05) is 57.2 Å². The molecular weight excluding hydrogens is 430 g/mol. The first-order valence-electron chi connectivity index (χ1n) is 11.4. The Labute approximate surface area is 198 Å². The number of benzene rings is 2. The Bertz CT molecular complexity index is 1260. The van der Waals surface area contributed by atoms with Crippen molar-refractivity contribution in [1.82, 2.24) is 20.4 Å². The molecule has 0 bridgehead atoms. The average Bonchev–Trinajstić information content (AvgIpc) is 3.44. The highest BCUT2D eigenvalue weighted by atomic mass is 16.3. The minimum absolute atomic E-state index is 0.177. The number of nitriles is 1. The van der Waals surface area contributed by atoms with Crippen LogP contribution in [0.25, 0.3) is 10.9 Å². The zero-order valence-electron chi connectivity index (χ0n) is 19.6. The largest absolute Gasteiger partial charge is 0.388 e. The van der Waals surface area contributed by atoms with Gasteiger partial charge < -0.3 is 15.7 Å². The van der Waals surface area contributed by atoms with Crippen molar-refractivity contribution in [3.05, 3.63) is 65.4 Å². The number of nitrogens with zero attached hydrogens (tertiary/aromatic N) is 3. The van der Waals surface area contributed by atoms with E-state index in [0.29, 0.717) is 30.3 Å². The molecule has 0 saturated heterocycles. The number of para-hydroxylation sites is 1. The molecule has 1 aliphatic carbocycles. The van der Waals surface area contributed by atoms with Crippen molar-refractivity contribution < 1.29 is 14.7 Å². The van der Waals surface area contributed by atoms with Gasteiger partial charge in [0, 0.05) is 11.9 Å². The van der Waals surface area contributed by atoms with Crippen LogP contribution >= 0.6 is 0 Å². The number of fused-ring (bicyclic) bond motifs is 1. The summed E-state index contributed by atoms with van der Waals surface area (Å²) in [5, 5.41) is 30.0. The summed E-state index contributed by atoms with van der Waals surface area (Å²) in [7, 11) is 0. The van der Waals surface area contributed by atoms with Crippen LogP contribution in [0.15, 0.2) is 48.5 Å². The Morgan fingerprint density at radius 3 is 2.47 bits per heavy atom. The molecule has 1 unspecified atom stereocenters. The number of carbonyl (C=O) groups is 2. The van der Waals surface area contributed by atoms with Gasteiger partial charge in [-0.2, -0.15) is 10.4 Å². The molecule has 1 heterocycles. The summed E-state index contributed by atoms with van der Waals surface area (Å²) in [6.45, 7) is 6.25. The molecule has 1 aromatic heterocycles. The monoisotopic (exact) mass is 459 g/mol. The van der Waals surface area contributed by atoms with Crippen molar-refractivity contribution in [3.63, 3.8) is 0 Å². The van der Waals surface area contributed by atoms with Crippen LogP contribution in [0, 0.1) is 16.7 Å². The molecule has 2 aromatic carbocycles. The summed E-state index contributed by atoms with van der Waals surface area (Å²) in [5.41, 5.74) is 1.20. The zero-order valence-corrected chi connectivity index (χ0v) is 19.6. The van der Waals surface area contributed by atoms with Crippen LogP contribution in [0.3, 0.4) is 0 Å². The fourth-order valence-corrected chi connectivity index (χ4v) is 3.82. The predicted molar refractivity (Wildman–Crippen MR) is 128 cm³/mol. The van der Waals surface area contributed by atoms with Crippen LogP contribution in [0.2, 0.25) is 0 Å². The lowest BCUT2D eigenvalue weighted by atomic mass is 9.86. The topological polar surface area (TPSA) is 120 Å². The van der Waals surface area contributed by atoms with E-state index < -0.39 is 23.0 Å². The highest BCUT2D eigenvalue weighted by Crippen LogP contribution is 2.34. The second-order valence-corrected chi connectivity index (χ2v) is 10.0. The lowest BCUT2D eigenvalue weighted by molar-refractivity contribution is -0.126. The van der Waals surface area contributed by atoms with Crippen molar-refractivity contribution >= 4 is 22.7 Å². The molecule has 2 amide bonds. The summed E-state index contributed by atoms with van der Waals surface area (Å²) >= 11 is 0. The number of hydrogen-bond acceptors (Lipinski definition) is 5. The molecule has 1 atom stereocenters. The molecule has 176 valence electrons. The minimum Gasteiger partial charge on any atom is -0.388 e. The van der Waals surface area contributed by atoms with Gasteiger partial charge in [0.2, 0.25) is 5.91 Å². The molecule has 0 spiro atoms. The van der Waals surface area contributed by atoms with E-state index in [4.69, 9.17) is 5.26 Å². The normalized spacial score (nSPS) is 15.4. The van der Waals surface area contributed by atoms with E-state index in [1.165, 1.54) is 0 Å². The van der Waals surface area contributed by atoms with Gasteiger partial charge >= 0.3 is 0 Å². The molecule has 1 aliphatic rings. The minimum atomic E-state index is -0.817. The Balaban J connectivity index is 1.58. The molecule has 8 heteroatoms. The molecular formula is C26H29N5O3. The van der Waals surface area contributed by atoms with Gasteiger partial charge in [-0.1, -0.05) is 51.1 Å². The van der Waals surface area contributed by atoms with E-state index in [0.717, 1.165) is 11.1 Å². The van der Waals surface area contributed by atoms with Crippen LogP contribution in [0.5, 0.6) is 0 Å². The van der Waals surface area contributed by atoms with Crippen molar-refractivity contribution in [1.29, 1.82) is 5.26 Å². The van der Waals surface area contributed by atoms with Crippen LogP contribution in [0.4, 0.5) is 0 Å². The second kappa shape index (κ2) is 8.92. The van der Waals surface area contributed by atoms with Crippen molar-refractivity contribution in [3.8, 4) is 6.07 Å². The lowest BCUT2D eigenvalue weighted by Gasteiger charge is -2.30. The number of amides is 2. The van der Waals surface area contributed by atoms with Gasteiger partial charge in [-0.3, -0.25) is 14.3 Å². The fourth-order valence-electron chi connectivity index (χ4n) is 3.82. The predicted octanol–water partition coefficient (Wildman–Crippen LogP) is 2.74. The highest BCUT2D eigenvalue weighted by Gasteiger charge is 2.42. The summed E-state index contributed by atoms with van der Waals surface area (Å²) in [6.07, 6.45) is 1.34. The van der Waals surface area contributed by atoms with Gasteiger partial charge in [0.15, 0.2) is 5.69 Å². The summed E-state index contributed by atoms with van der Waals surface area (Å²) < 4.78 is 1.75. The van der Waals surface area contributed by atoms with Crippen LogP contribution < -0.4 is 10.6 Å². The van der Waals surface area contributed by atoms with Gasteiger partial charge in [-0.05, 0) is 42.0 Å². The second-order valence-electron chi connectivity index (χ2n) is 10.0. The van der Waals surface area contributed by atoms with E-state index >= 15 is 0 Å². The van der Waals surface area contributed by atoms with Gasteiger partial charge in [0.25, 0.3) is 5.91 Å². The molecule has 8 nitrogen and oxygen atoms in total. The molecule has 1 fully saturated rings. The average molecular weight is 460 g/mol. The molecule has 3 N–H and O–H groups in total. The standard InChI is InChI=1S/C26H29N5O3/c1-25(2,3)22(24(33)28-16-26(34)12-13-26)29-23(32)21-19-6-4-5-7-20(19)31(30-21)15-18-10-8-17(14-27)9-11-18/h4-11,22,34H,12-13,15-16H2,1-3H3,(H,28,33)(H,29,32). The van der Waals surface area contributed by atoms with Crippen molar-refractivity contribution in [2.75, 3.05) is 6.54 Å². The number of hydrogen-bond donors (Lipinski definition) is 3. The Morgan fingerprint density at radius 1 is 1.18 bits per heavy atom. The van der Waals surface area contributed by atoms with Crippen molar-refractivity contribution in [2.24, 2.45) is 5.41 Å². The molecule has 1 saturated carbocycles. The Hall–Kier alpha value is -3.70. The van der Waals surface area contributed by atoms with Crippen molar-refractivity contribution in [2.45, 2.75) is 51.8 Å². The van der Waals surface area contributed by atoms with Crippen LogP contribution in [-0.2, 0) is 11.3 Å². The fraction of sp³-hybridized carbons (Fsp3) is 0.385. The van der Waals surface area contributed by atoms with E-state index in [2.05, 4.69) is 21.8 Å². The van der Waals surface area contributed by atoms with E-state index in [1.54, 1.807) is 16.8 Å². The third kappa shape index (κ3) is 5.10. The van der Waals surface area contributed by atoms with E-state index in [-0.39, 0.29) is 18.1 Å². The first-order valence-corrected chi connectivity index (χ1v) is 11.4. The first-order chi connectivity index (χ1) is 16.1. The summed E-state index contributed by atoms with van der Waals surface area (Å²) in [5.74, 6) is -0.766. The number of rotatable bonds is 7. The maximum Gasteiger partial charge on any atom is 0.273 e. The molecule has 3 aromatic rings. The maximum absolute atomic E-state index is 13.3. The number of aromatic nitrogens is 2. The van der Waals surface area contributed by atoms with Gasteiger partial charge in [-0.15, -0.1) is 0 Å². The molecule has 34 heavy (non-hydrogen) atoms. The number of carbonyl (C=O) groups excluding carboxylic acids is 2. The third-order valence-corrected chi connectivity index (χ3v) is 6.11. The summed E-state index contributed by atoms with van der Waals surface area (Å²) in [6, 6.07) is 16.0. The number of nitrogens with one attached hydrogen (secondary N) is 2. The molecule has 0 aliphatic heterocycles. The van der Waals surface area contributed by atoms with Crippen LogP contribution in [-0.4, -0.2) is 44.9 Å². The first kappa shape index (κ1) is 23.5. The van der Waals surface area contributed by atoms with Gasteiger partial charge in [-0.25, -0.2) is 0 Å². The molecule has 4 rings (SSSR count). The SMILES string of the molecule is CC(C)(C)C(NC(=O)c1nn(Cc2ccc(C#N)cc2)c2ccccc12)C(=O)NCC1(O)CC1. The van der Waals surface area contributed by atoms with E-state index in [9.17, 15) is 14.7 Å². The third-order valence-electron chi connectivity index (χ3n) is 6.11. The smallest absolute Gasteiger partial charge is 0.273 e. The zero-order chi connectivity index (χ0) is 24.5. The molecule has 0 radical (unpaired) electrons. The quantitative estimate of drug-likeness (QED) is 0.502. The lowest BCUT2D eigenvalue weighted by Crippen LogP contribution is -2.54.